The van der Waals surface area contributed by atoms with Crippen molar-refractivity contribution in [1.29, 1.82) is 0 Å². The van der Waals surface area contributed by atoms with E-state index < -0.39 is 11.4 Å². The highest BCUT2D eigenvalue weighted by atomic mass is 19.1. The quantitative estimate of drug-likeness (QED) is 0.857. The zero-order valence-corrected chi connectivity index (χ0v) is 10.7. The van der Waals surface area contributed by atoms with E-state index in [1.165, 1.54) is 12.1 Å². The second kappa shape index (κ2) is 6.02. The Labute approximate surface area is 111 Å². The van der Waals surface area contributed by atoms with Crippen LogP contribution in [0.3, 0.4) is 0 Å². The summed E-state index contributed by atoms with van der Waals surface area (Å²) in [7, 11) is 0. The van der Waals surface area contributed by atoms with Crippen molar-refractivity contribution < 1.29 is 19.0 Å². The molecule has 1 heterocycles. The average Bonchev–Trinajstić information content (AvgIpc) is 2.40. The van der Waals surface area contributed by atoms with E-state index in [0.717, 1.165) is 0 Å². The van der Waals surface area contributed by atoms with Crippen molar-refractivity contribution in [2.24, 2.45) is 5.41 Å². The Morgan fingerprint density at radius 3 is 2.79 bits per heavy atom. The number of carboxylic acid groups (broad SMARTS) is 1. The van der Waals surface area contributed by atoms with Crippen LogP contribution in [0.4, 0.5) is 4.39 Å². The molecule has 1 saturated heterocycles. The van der Waals surface area contributed by atoms with Crippen LogP contribution in [0.1, 0.15) is 19.3 Å². The van der Waals surface area contributed by atoms with Gasteiger partial charge in [-0.25, -0.2) is 4.39 Å². The topological polar surface area (TPSA) is 58.6 Å². The van der Waals surface area contributed by atoms with E-state index >= 15 is 0 Å². The number of aliphatic carboxylic acids is 1. The number of ether oxygens (including phenoxy) is 1. The van der Waals surface area contributed by atoms with Crippen molar-refractivity contribution >= 4 is 5.97 Å². The first kappa shape index (κ1) is 13.8. The maximum absolute atomic E-state index is 13.0. The molecule has 2 rings (SSSR count). The van der Waals surface area contributed by atoms with E-state index in [4.69, 9.17) is 4.74 Å². The second-order valence-corrected chi connectivity index (χ2v) is 4.89. The highest BCUT2D eigenvalue weighted by Gasteiger charge is 2.39. The molecule has 0 unspecified atom stereocenters. The number of carboxylic acids is 1. The molecule has 2 N–H and O–H groups in total. The second-order valence-electron chi connectivity index (χ2n) is 4.89. The van der Waals surface area contributed by atoms with Gasteiger partial charge in [0.25, 0.3) is 0 Å². The Kier molecular flexibility index (Phi) is 4.37. The molecule has 1 aliphatic heterocycles. The number of piperidine rings is 1. The van der Waals surface area contributed by atoms with Gasteiger partial charge in [0.1, 0.15) is 11.6 Å². The molecule has 1 fully saturated rings. The summed E-state index contributed by atoms with van der Waals surface area (Å²) in [5.41, 5.74) is -0.710. The largest absolute Gasteiger partial charge is 0.493 e. The van der Waals surface area contributed by atoms with Crippen LogP contribution in [0.25, 0.3) is 0 Å². The van der Waals surface area contributed by atoms with Gasteiger partial charge >= 0.3 is 5.97 Å². The van der Waals surface area contributed by atoms with Crippen molar-refractivity contribution in [3.8, 4) is 5.75 Å². The Morgan fingerprint density at radius 2 is 2.16 bits per heavy atom. The van der Waals surface area contributed by atoms with Crippen LogP contribution >= 0.6 is 0 Å². The maximum Gasteiger partial charge on any atom is 0.309 e. The molecule has 4 nitrogen and oxygen atoms in total. The zero-order valence-electron chi connectivity index (χ0n) is 10.7. The predicted octanol–water partition coefficient (Wildman–Crippen LogP) is 2.05. The molecule has 0 amide bonds. The average molecular weight is 267 g/mol. The molecule has 1 aromatic rings. The van der Waals surface area contributed by atoms with Gasteiger partial charge in [-0.1, -0.05) is 6.07 Å². The Balaban J connectivity index is 1.91. The normalized spacial score (nSPS) is 17.9. The molecule has 0 aromatic heterocycles. The van der Waals surface area contributed by atoms with Crippen LogP contribution in [-0.2, 0) is 4.79 Å². The minimum absolute atomic E-state index is 0.287. The van der Waals surface area contributed by atoms with Crippen LogP contribution in [0.5, 0.6) is 5.75 Å². The fraction of sp³-hybridized carbons (Fsp3) is 0.500. The molecular weight excluding hydrogens is 249 g/mol. The third-order valence-electron chi connectivity index (χ3n) is 3.66. The summed E-state index contributed by atoms with van der Waals surface area (Å²) in [6.45, 7) is 1.72. The van der Waals surface area contributed by atoms with Gasteiger partial charge in [0.15, 0.2) is 0 Å². The van der Waals surface area contributed by atoms with E-state index in [-0.39, 0.29) is 12.4 Å². The van der Waals surface area contributed by atoms with E-state index in [1.54, 1.807) is 12.1 Å². The monoisotopic (exact) mass is 267 g/mol. The lowest BCUT2D eigenvalue weighted by Crippen LogP contribution is -2.43. The number of hydrogen-bond acceptors (Lipinski definition) is 3. The van der Waals surface area contributed by atoms with Crippen molar-refractivity contribution in [3.63, 3.8) is 0 Å². The van der Waals surface area contributed by atoms with E-state index in [9.17, 15) is 14.3 Å². The number of hydrogen-bond donors (Lipinski definition) is 2. The van der Waals surface area contributed by atoms with Gasteiger partial charge in [-0.05, 0) is 44.5 Å². The third kappa shape index (κ3) is 3.44. The summed E-state index contributed by atoms with van der Waals surface area (Å²) < 4.78 is 18.4. The van der Waals surface area contributed by atoms with Crippen LogP contribution in [0, 0.1) is 11.2 Å². The van der Waals surface area contributed by atoms with Gasteiger partial charge in [-0.15, -0.1) is 0 Å². The number of carbonyl (C=O) groups is 1. The van der Waals surface area contributed by atoms with Gasteiger partial charge in [0, 0.05) is 6.07 Å². The van der Waals surface area contributed by atoms with E-state index in [2.05, 4.69) is 5.32 Å². The lowest BCUT2D eigenvalue weighted by atomic mass is 9.76. The minimum atomic E-state index is -0.767. The molecule has 0 bridgehead atoms. The molecule has 0 saturated carbocycles. The van der Waals surface area contributed by atoms with Gasteiger partial charge in [-0.2, -0.15) is 0 Å². The van der Waals surface area contributed by atoms with Crippen molar-refractivity contribution in [1.82, 2.24) is 5.32 Å². The van der Waals surface area contributed by atoms with Gasteiger partial charge in [-0.3, -0.25) is 4.79 Å². The summed E-state index contributed by atoms with van der Waals surface area (Å²) in [6.07, 6.45) is 1.66. The van der Waals surface area contributed by atoms with Crippen LogP contribution in [-0.4, -0.2) is 30.8 Å². The van der Waals surface area contributed by atoms with Crippen molar-refractivity contribution in [3.05, 3.63) is 30.1 Å². The highest BCUT2D eigenvalue weighted by molar-refractivity contribution is 5.74. The summed E-state index contributed by atoms with van der Waals surface area (Å²) in [6, 6.07) is 5.88. The lowest BCUT2D eigenvalue weighted by Gasteiger charge is -2.33. The Bertz CT molecular complexity index is 444. The molecule has 0 aliphatic carbocycles. The minimum Gasteiger partial charge on any atom is -0.493 e. The molecule has 5 heteroatoms. The summed E-state index contributed by atoms with van der Waals surface area (Å²) >= 11 is 0. The molecule has 19 heavy (non-hydrogen) atoms. The van der Waals surface area contributed by atoms with Gasteiger partial charge < -0.3 is 15.2 Å². The SMILES string of the molecule is O=C(O)C1(CCOc2cccc(F)c2)CCNCC1. The molecular formula is C14H18FNO3. The summed E-state index contributed by atoms with van der Waals surface area (Å²) in [5, 5.41) is 12.5. The standard InChI is InChI=1S/C14H18FNO3/c15-11-2-1-3-12(10-11)19-9-6-14(13(17)18)4-7-16-8-5-14/h1-3,10,16H,4-9H2,(H,17,18). The van der Waals surface area contributed by atoms with Crippen LogP contribution in [0.2, 0.25) is 0 Å². The Hall–Kier alpha value is -1.62. The molecule has 0 spiro atoms. The first-order chi connectivity index (χ1) is 9.12. The predicted molar refractivity (Wildman–Crippen MR) is 68.7 cm³/mol. The summed E-state index contributed by atoms with van der Waals surface area (Å²) in [4.78, 5) is 11.4. The van der Waals surface area contributed by atoms with Gasteiger partial charge in [0.2, 0.25) is 0 Å². The first-order valence-electron chi connectivity index (χ1n) is 6.45. The van der Waals surface area contributed by atoms with Crippen molar-refractivity contribution in [2.75, 3.05) is 19.7 Å². The van der Waals surface area contributed by atoms with E-state index in [0.29, 0.717) is 38.1 Å². The maximum atomic E-state index is 13.0. The van der Waals surface area contributed by atoms with E-state index in [1.807, 2.05) is 0 Å². The fourth-order valence-electron chi connectivity index (χ4n) is 2.40. The zero-order chi connectivity index (χ0) is 13.7. The third-order valence-corrected chi connectivity index (χ3v) is 3.66. The molecule has 1 aromatic carbocycles. The van der Waals surface area contributed by atoms with Crippen LogP contribution in [0.15, 0.2) is 24.3 Å². The fourth-order valence-corrected chi connectivity index (χ4v) is 2.40. The highest BCUT2D eigenvalue weighted by Crippen LogP contribution is 2.33. The first-order valence-corrected chi connectivity index (χ1v) is 6.45. The number of rotatable bonds is 5. The Morgan fingerprint density at radius 1 is 1.42 bits per heavy atom. The lowest BCUT2D eigenvalue weighted by molar-refractivity contribution is -0.151. The van der Waals surface area contributed by atoms with Crippen LogP contribution < -0.4 is 10.1 Å². The number of halogens is 1. The van der Waals surface area contributed by atoms with Crippen molar-refractivity contribution in [2.45, 2.75) is 19.3 Å². The molecule has 0 atom stereocenters. The molecule has 104 valence electrons. The van der Waals surface area contributed by atoms with Gasteiger partial charge in [0.05, 0.1) is 12.0 Å². The smallest absolute Gasteiger partial charge is 0.309 e. The molecule has 0 radical (unpaired) electrons. The number of benzene rings is 1. The number of nitrogens with one attached hydrogen (secondary N) is 1. The summed E-state index contributed by atoms with van der Waals surface area (Å²) in [5.74, 6) is -0.682. The molecule has 1 aliphatic rings.